The zero-order valence-corrected chi connectivity index (χ0v) is 18.4. The predicted octanol–water partition coefficient (Wildman–Crippen LogP) is 3.31. The smallest absolute Gasteiger partial charge is 0.134 e. The summed E-state index contributed by atoms with van der Waals surface area (Å²) in [5, 5.41) is 19.0. The number of nitrogens with zero attached hydrogens (tertiary/aromatic N) is 2. The summed E-state index contributed by atoms with van der Waals surface area (Å²) in [5.74, 6) is -0.297. The summed E-state index contributed by atoms with van der Waals surface area (Å²) in [6.45, 7) is 7.14. The Kier molecular flexibility index (Phi) is 9.55. The maximum Gasteiger partial charge on any atom is 0.134 e. The standard InChI is InChI=1S/C23H28F2N2O2.CH4O/c1-4-5-11-26-20(14-24)18-10-12-27(16(18)3)22-9-8-21(29-22)23(28)17-6-7-19(25)15(2)13-17;1-2/h6-7,10-13,21-23,28H,3-5,8-9,14H2,1-2H3;2H,1H3/b20-18-,26-11?;. The number of ether oxygens (including phenoxy) is 1. The van der Waals surface area contributed by atoms with E-state index in [0.717, 1.165) is 20.0 Å². The molecule has 1 fully saturated rings. The summed E-state index contributed by atoms with van der Waals surface area (Å²) in [4.78, 5) is 4.25. The fourth-order valence-electron chi connectivity index (χ4n) is 3.64. The average molecular weight is 435 g/mol. The number of hydrogen-bond acceptors (Lipinski definition) is 4. The molecule has 0 spiro atoms. The minimum Gasteiger partial charge on any atom is -0.400 e. The van der Waals surface area contributed by atoms with Gasteiger partial charge >= 0.3 is 0 Å². The Balaban J connectivity index is 0.00000166. The summed E-state index contributed by atoms with van der Waals surface area (Å²) in [7, 11) is 1.00. The van der Waals surface area contributed by atoms with Crippen LogP contribution in [0.15, 0.2) is 35.5 Å². The lowest BCUT2D eigenvalue weighted by atomic mass is 10.0. The molecule has 0 saturated carbocycles. The van der Waals surface area contributed by atoms with Crippen LogP contribution in [-0.2, 0) is 4.74 Å². The molecule has 1 aromatic carbocycles. The molecule has 0 bridgehead atoms. The molecule has 1 saturated heterocycles. The van der Waals surface area contributed by atoms with Crippen molar-refractivity contribution in [3.05, 3.63) is 58.0 Å². The summed E-state index contributed by atoms with van der Waals surface area (Å²) in [6.07, 6.45) is 5.12. The maximum absolute atomic E-state index is 13.5. The van der Waals surface area contributed by atoms with Gasteiger partial charge in [0.1, 0.15) is 24.8 Å². The summed E-state index contributed by atoms with van der Waals surface area (Å²) >= 11 is 0. The Bertz CT molecular complexity index is 987. The first-order valence-electron chi connectivity index (χ1n) is 10.5. The highest BCUT2D eigenvalue weighted by Crippen LogP contribution is 2.34. The molecule has 7 heteroatoms. The zero-order valence-electron chi connectivity index (χ0n) is 18.4. The van der Waals surface area contributed by atoms with E-state index in [-0.39, 0.29) is 12.0 Å². The molecule has 170 valence electrons. The molecule has 3 atom stereocenters. The van der Waals surface area contributed by atoms with Crippen molar-refractivity contribution >= 4 is 18.5 Å². The third kappa shape index (κ3) is 5.87. The molecule has 0 radical (unpaired) electrons. The van der Waals surface area contributed by atoms with Gasteiger partial charge in [0.15, 0.2) is 0 Å². The van der Waals surface area contributed by atoms with Gasteiger partial charge in [-0.15, -0.1) is 0 Å². The Morgan fingerprint density at radius 2 is 2.10 bits per heavy atom. The topological polar surface area (TPSA) is 67.0 Å². The molecule has 1 aliphatic rings. The Morgan fingerprint density at radius 3 is 2.74 bits per heavy atom. The highest BCUT2D eigenvalue weighted by Gasteiger charge is 2.32. The number of rotatable bonds is 7. The molecule has 0 aliphatic carbocycles. The number of aromatic nitrogens is 1. The number of aliphatic hydroxyl groups excluding tert-OH is 2. The highest BCUT2D eigenvalue weighted by atomic mass is 19.1. The van der Waals surface area contributed by atoms with Gasteiger partial charge in [0.05, 0.1) is 11.8 Å². The molecule has 2 aromatic rings. The van der Waals surface area contributed by atoms with Crippen molar-refractivity contribution in [2.75, 3.05) is 13.8 Å². The first kappa shape index (κ1) is 24.9. The number of aliphatic imine (C=N–C) groups is 1. The number of aryl methyl sites for hydroxylation is 1. The van der Waals surface area contributed by atoms with Gasteiger partial charge in [0, 0.05) is 30.1 Å². The quantitative estimate of drug-likeness (QED) is 0.657. The number of benzene rings is 1. The number of halogens is 2. The van der Waals surface area contributed by atoms with Gasteiger partial charge in [-0.05, 0) is 49.4 Å². The minimum atomic E-state index is -0.839. The minimum absolute atomic E-state index is 0.294. The van der Waals surface area contributed by atoms with Gasteiger partial charge in [-0.2, -0.15) is 0 Å². The first-order valence-corrected chi connectivity index (χ1v) is 10.5. The van der Waals surface area contributed by atoms with Crippen molar-refractivity contribution in [3.63, 3.8) is 0 Å². The lowest BCUT2D eigenvalue weighted by Gasteiger charge is -2.21. The van der Waals surface area contributed by atoms with E-state index in [1.807, 2.05) is 17.7 Å². The largest absolute Gasteiger partial charge is 0.400 e. The average Bonchev–Trinajstić information content (AvgIpc) is 3.41. The summed E-state index contributed by atoms with van der Waals surface area (Å²) in [5.41, 5.74) is 1.48. The molecule has 1 aromatic heterocycles. The van der Waals surface area contributed by atoms with Crippen molar-refractivity contribution in [1.29, 1.82) is 0 Å². The fourth-order valence-corrected chi connectivity index (χ4v) is 3.64. The SMILES string of the molecule is C=c1/c(=C(/CF)N=CCCC)ccn1C1CCC(C(O)c2ccc(F)c(C)c2)O1.CO. The van der Waals surface area contributed by atoms with E-state index >= 15 is 0 Å². The molecular weight excluding hydrogens is 402 g/mol. The second kappa shape index (κ2) is 11.9. The Morgan fingerprint density at radius 1 is 1.35 bits per heavy atom. The lowest BCUT2D eigenvalue weighted by Crippen LogP contribution is -2.32. The van der Waals surface area contributed by atoms with Crippen LogP contribution in [0.5, 0.6) is 0 Å². The molecule has 2 N–H and O–H groups in total. The predicted molar refractivity (Wildman–Crippen MR) is 119 cm³/mol. The van der Waals surface area contributed by atoms with Crippen molar-refractivity contribution in [2.24, 2.45) is 4.99 Å². The van der Waals surface area contributed by atoms with Gasteiger partial charge < -0.3 is 19.5 Å². The van der Waals surface area contributed by atoms with E-state index in [4.69, 9.17) is 9.84 Å². The van der Waals surface area contributed by atoms with Gasteiger partial charge in [0.2, 0.25) is 0 Å². The lowest BCUT2D eigenvalue weighted by molar-refractivity contribution is -0.0611. The van der Waals surface area contributed by atoms with E-state index < -0.39 is 18.9 Å². The van der Waals surface area contributed by atoms with Gasteiger partial charge in [-0.25, -0.2) is 8.78 Å². The van der Waals surface area contributed by atoms with Crippen molar-refractivity contribution in [2.45, 2.75) is 58.0 Å². The third-order valence-electron chi connectivity index (χ3n) is 5.34. The normalized spacial score (nSPS) is 20.5. The summed E-state index contributed by atoms with van der Waals surface area (Å²) < 4.78 is 34.9. The number of hydrogen-bond donors (Lipinski definition) is 2. The van der Waals surface area contributed by atoms with Crippen molar-refractivity contribution in [3.8, 4) is 0 Å². The fraction of sp³-hybridized carbons (Fsp3) is 0.458. The van der Waals surface area contributed by atoms with Crippen LogP contribution in [0, 0.1) is 12.7 Å². The van der Waals surface area contributed by atoms with Gasteiger partial charge in [-0.3, -0.25) is 4.99 Å². The van der Waals surface area contributed by atoms with Crippen LogP contribution in [0.1, 0.15) is 56.1 Å². The highest BCUT2D eigenvalue weighted by molar-refractivity contribution is 5.65. The second-order valence-electron chi connectivity index (χ2n) is 7.42. The molecule has 5 nitrogen and oxygen atoms in total. The van der Waals surface area contributed by atoms with E-state index in [1.165, 1.54) is 6.07 Å². The van der Waals surface area contributed by atoms with Crippen LogP contribution < -0.4 is 10.6 Å². The molecule has 3 rings (SSSR count). The number of aliphatic hydroxyl groups is 2. The molecular formula is C24H32F2N2O3. The molecule has 3 unspecified atom stereocenters. The van der Waals surface area contributed by atoms with E-state index in [9.17, 15) is 13.9 Å². The van der Waals surface area contributed by atoms with Crippen molar-refractivity contribution in [1.82, 2.24) is 4.57 Å². The van der Waals surface area contributed by atoms with Gasteiger partial charge in [0.25, 0.3) is 0 Å². The van der Waals surface area contributed by atoms with E-state index in [1.54, 1.807) is 31.3 Å². The van der Waals surface area contributed by atoms with Crippen molar-refractivity contribution < 1.29 is 23.7 Å². The molecule has 31 heavy (non-hydrogen) atoms. The molecule has 0 amide bonds. The van der Waals surface area contributed by atoms with Crippen LogP contribution in [0.3, 0.4) is 0 Å². The third-order valence-corrected chi connectivity index (χ3v) is 5.34. The zero-order chi connectivity index (χ0) is 23.0. The Hall–Kier alpha value is -2.35. The maximum atomic E-state index is 13.5. The number of unbranched alkanes of at least 4 members (excludes halogenated alkanes) is 1. The number of alkyl halides is 1. The molecule has 2 heterocycles. The second-order valence-corrected chi connectivity index (χ2v) is 7.42. The van der Waals surface area contributed by atoms with Crippen LogP contribution in [0.4, 0.5) is 8.78 Å². The van der Waals surface area contributed by atoms with Gasteiger partial charge in [-0.1, -0.05) is 32.1 Å². The molecule has 1 aliphatic heterocycles. The summed E-state index contributed by atoms with van der Waals surface area (Å²) in [6, 6.07) is 6.39. The van der Waals surface area contributed by atoms with Crippen LogP contribution in [0.25, 0.3) is 12.3 Å². The monoisotopic (exact) mass is 434 g/mol. The van der Waals surface area contributed by atoms with Crippen LogP contribution in [0.2, 0.25) is 0 Å². The van der Waals surface area contributed by atoms with Crippen LogP contribution >= 0.6 is 0 Å². The first-order chi connectivity index (χ1) is 15.0. The van der Waals surface area contributed by atoms with E-state index in [2.05, 4.69) is 11.6 Å². The van der Waals surface area contributed by atoms with E-state index in [0.29, 0.717) is 40.2 Å². The Labute approximate surface area is 182 Å². The van der Waals surface area contributed by atoms with Crippen LogP contribution in [-0.4, -0.2) is 40.9 Å².